The summed E-state index contributed by atoms with van der Waals surface area (Å²) in [5.41, 5.74) is 6.53. The number of halogens is 1. The molecule has 0 aliphatic carbocycles. The highest BCUT2D eigenvalue weighted by molar-refractivity contribution is 9.10. The van der Waals surface area contributed by atoms with E-state index in [1.807, 2.05) is 0 Å². The van der Waals surface area contributed by atoms with E-state index in [1.165, 1.54) is 12.3 Å². The molecule has 17 heavy (non-hydrogen) atoms. The summed E-state index contributed by atoms with van der Waals surface area (Å²) in [5, 5.41) is 3.54. The van der Waals surface area contributed by atoms with Crippen LogP contribution in [-0.4, -0.2) is 19.8 Å². The number of anilines is 1. The third kappa shape index (κ3) is 2.34. The van der Waals surface area contributed by atoms with Gasteiger partial charge in [0, 0.05) is 16.3 Å². The molecular weight excluding hydrogens is 308 g/mol. The molecule has 0 aliphatic rings. The fourth-order valence-corrected chi connectivity index (χ4v) is 2.73. The van der Waals surface area contributed by atoms with E-state index in [-0.39, 0.29) is 10.8 Å². The van der Waals surface area contributed by atoms with Gasteiger partial charge in [-0.2, -0.15) is 0 Å². The molecule has 0 saturated carbocycles. The Hall–Kier alpha value is -1.34. The molecule has 90 valence electrons. The van der Waals surface area contributed by atoms with Crippen LogP contribution in [0.25, 0.3) is 11.1 Å². The number of aromatic nitrogens is 1. The summed E-state index contributed by atoms with van der Waals surface area (Å²) in [4.78, 5) is 0.190. The molecule has 1 heterocycles. The number of hydrogen-bond donors (Lipinski definition) is 1. The molecule has 1 aromatic heterocycles. The molecule has 0 saturated heterocycles. The molecule has 0 atom stereocenters. The van der Waals surface area contributed by atoms with E-state index < -0.39 is 9.84 Å². The molecule has 0 aliphatic heterocycles. The van der Waals surface area contributed by atoms with Crippen LogP contribution < -0.4 is 5.73 Å². The zero-order valence-corrected chi connectivity index (χ0v) is 11.2. The molecular formula is C10H9BrN2O3S. The van der Waals surface area contributed by atoms with Crippen molar-refractivity contribution in [1.29, 1.82) is 0 Å². The van der Waals surface area contributed by atoms with Gasteiger partial charge < -0.3 is 10.3 Å². The number of nitrogen functional groups attached to an aromatic ring is 1. The van der Waals surface area contributed by atoms with Crippen LogP contribution in [0, 0.1) is 0 Å². The van der Waals surface area contributed by atoms with Crippen LogP contribution in [-0.2, 0) is 9.84 Å². The molecule has 0 fully saturated rings. The van der Waals surface area contributed by atoms with Crippen molar-refractivity contribution in [3.05, 3.63) is 28.9 Å². The van der Waals surface area contributed by atoms with Gasteiger partial charge in [-0.3, -0.25) is 0 Å². The molecule has 2 rings (SSSR count). The van der Waals surface area contributed by atoms with Crippen LogP contribution in [0.2, 0.25) is 0 Å². The molecule has 7 heteroatoms. The van der Waals surface area contributed by atoms with E-state index in [1.54, 1.807) is 12.1 Å². The van der Waals surface area contributed by atoms with Crippen LogP contribution in [0.3, 0.4) is 0 Å². The number of nitrogens with two attached hydrogens (primary N) is 1. The van der Waals surface area contributed by atoms with Gasteiger partial charge in [0.15, 0.2) is 9.84 Å². The second-order valence-corrected chi connectivity index (χ2v) is 6.42. The maximum Gasteiger partial charge on any atom is 0.229 e. The fourth-order valence-electron chi connectivity index (χ4n) is 1.49. The van der Waals surface area contributed by atoms with Gasteiger partial charge in [0.2, 0.25) is 5.88 Å². The van der Waals surface area contributed by atoms with Crippen LogP contribution >= 0.6 is 15.9 Å². The highest BCUT2D eigenvalue weighted by atomic mass is 79.9. The second-order valence-electron chi connectivity index (χ2n) is 3.52. The Bertz CT molecular complexity index is 664. The number of hydrogen-bond acceptors (Lipinski definition) is 5. The summed E-state index contributed by atoms with van der Waals surface area (Å²) in [5.74, 6) is 0.0907. The molecule has 1 aromatic carbocycles. The first-order chi connectivity index (χ1) is 7.89. The normalized spacial score (nSPS) is 11.6. The first-order valence-electron chi connectivity index (χ1n) is 4.59. The van der Waals surface area contributed by atoms with Crippen LogP contribution in [0.1, 0.15) is 0 Å². The Morgan fingerprint density at radius 2 is 2.06 bits per heavy atom. The minimum absolute atomic E-state index is 0.0907. The van der Waals surface area contributed by atoms with Crippen molar-refractivity contribution in [1.82, 2.24) is 5.16 Å². The average Bonchev–Trinajstić information content (AvgIpc) is 2.62. The minimum Gasteiger partial charge on any atom is -0.367 e. The van der Waals surface area contributed by atoms with E-state index in [4.69, 9.17) is 10.3 Å². The van der Waals surface area contributed by atoms with E-state index in [0.29, 0.717) is 11.1 Å². The van der Waals surface area contributed by atoms with Crippen molar-refractivity contribution in [3.8, 4) is 11.1 Å². The standard InChI is InChI=1S/C10H9BrN2O3S/c1-17(14,15)9-3-2-6(11)4-7(9)8-5-13-16-10(8)12/h2-5H,12H2,1H3. The molecule has 0 spiro atoms. The Labute approximate surface area is 107 Å². The first-order valence-corrected chi connectivity index (χ1v) is 7.28. The predicted octanol–water partition coefficient (Wildman–Crippen LogP) is 2.09. The number of rotatable bonds is 2. The maximum atomic E-state index is 11.7. The lowest BCUT2D eigenvalue weighted by Crippen LogP contribution is -2.00. The van der Waals surface area contributed by atoms with Gasteiger partial charge in [-0.15, -0.1) is 0 Å². The van der Waals surface area contributed by atoms with Gasteiger partial charge in [-0.05, 0) is 18.2 Å². The molecule has 2 aromatic rings. The summed E-state index contributed by atoms with van der Waals surface area (Å²) in [6.45, 7) is 0. The predicted molar refractivity (Wildman–Crippen MR) is 67.2 cm³/mol. The maximum absolute atomic E-state index is 11.7. The zero-order chi connectivity index (χ0) is 12.6. The monoisotopic (exact) mass is 316 g/mol. The van der Waals surface area contributed by atoms with Crippen molar-refractivity contribution in [2.45, 2.75) is 4.90 Å². The topological polar surface area (TPSA) is 86.2 Å². The van der Waals surface area contributed by atoms with Gasteiger partial charge in [0.05, 0.1) is 16.7 Å². The third-order valence-corrected chi connectivity index (χ3v) is 3.88. The van der Waals surface area contributed by atoms with Crippen molar-refractivity contribution in [3.63, 3.8) is 0 Å². The molecule has 0 radical (unpaired) electrons. The van der Waals surface area contributed by atoms with E-state index >= 15 is 0 Å². The van der Waals surface area contributed by atoms with Crippen molar-refractivity contribution in [2.75, 3.05) is 12.0 Å². The molecule has 0 bridgehead atoms. The summed E-state index contributed by atoms with van der Waals surface area (Å²) in [6.07, 6.45) is 2.54. The Morgan fingerprint density at radius 3 is 2.59 bits per heavy atom. The summed E-state index contributed by atoms with van der Waals surface area (Å²) < 4.78 is 28.8. The number of sulfone groups is 1. The van der Waals surface area contributed by atoms with Crippen molar-refractivity contribution < 1.29 is 12.9 Å². The highest BCUT2D eigenvalue weighted by Crippen LogP contribution is 2.33. The minimum atomic E-state index is -3.34. The zero-order valence-electron chi connectivity index (χ0n) is 8.84. The lowest BCUT2D eigenvalue weighted by molar-refractivity contribution is 0.436. The van der Waals surface area contributed by atoms with E-state index in [9.17, 15) is 8.42 Å². The van der Waals surface area contributed by atoms with E-state index in [2.05, 4.69) is 21.1 Å². The largest absolute Gasteiger partial charge is 0.367 e. The summed E-state index contributed by atoms with van der Waals surface area (Å²) in [7, 11) is -3.34. The van der Waals surface area contributed by atoms with Crippen LogP contribution in [0.15, 0.2) is 38.3 Å². The number of benzene rings is 1. The van der Waals surface area contributed by atoms with Gasteiger partial charge in [0.1, 0.15) is 0 Å². The molecule has 5 nitrogen and oxygen atoms in total. The lowest BCUT2D eigenvalue weighted by atomic mass is 10.1. The third-order valence-electron chi connectivity index (χ3n) is 2.23. The average molecular weight is 317 g/mol. The molecule has 2 N–H and O–H groups in total. The number of nitrogens with zero attached hydrogens (tertiary/aromatic N) is 1. The summed E-state index contributed by atoms with van der Waals surface area (Å²) >= 11 is 3.29. The quantitative estimate of drug-likeness (QED) is 0.916. The van der Waals surface area contributed by atoms with Crippen LogP contribution in [0.5, 0.6) is 0 Å². The van der Waals surface area contributed by atoms with Gasteiger partial charge in [0.25, 0.3) is 0 Å². The van der Waals surface area contributed by atoms with Crippen LogP contribution in [0.4, 0.5) is 5.88 Å². The Balaban J connectivity index is 2.77. The highest BCUT2D eigenvalue weighted by Gasteiger charge is 2.18. The summed E-state index contributed by atoms with van der Waals surface area (Å²) in [6, 6.07) is 4.84. The van der Waals surface area contributed by atoms with Gasteiger partial charge in [-0.1, -0.05) is 21.1 Å². The lowest BCUT2D eigenvalue weighted by Gasteiger charge is -2.06. The Morgan fingerprint density at radius 1 is 1.35 bits per heavy atom. The fraction of sp³-hybridized carbons (Fsp3) is 0.100. The van der Waals surface area contributed by atoms with E-state index in [0.717, 1.165) is 10.7 Å². The molecule has 0 amide bonds. The second kappa shape index (κ2) is 4.15. The van der Waals surface area contributed by atoms with Crippen molar-refractivity contribution >= 4 is 31.7 Å². The first kappa shape index (κ1) is 12.1. The Kier molecular flexibility index (Phi) is 2.96. The van der Waals surface area contributed by atoms with Gasteiger partial charge in [-0.25, -0.2) is 8.42 Å². The van der Waals surface area contributed by atoms with Crippen molar-refractivity contribution in [2.24, 2.45) is 0 Å². The molecule has 0 unspecified atom stereocenters. The van der Waals surface area contributed by atoms with Gasteiger partial charge >= 0.3 is 0 Å². The SMILES string of the molecule is CS(=O)(=O)c1ccc(Br)cc1-c1cnoc1N. The smallest absolute Gasteiger partial charge is 0.229 e.